The summed E-state index contributed by atoms with van der Waals surface area (Å²) in [4.78, 5) is -0.194. The zero-order valence-corrected chi connectivity index (χ0v) is 15.2. The van der Waals surface area contributed by atoms with Gasteiger partial charge in [0.2, 0.25) is 0 Å². The molecule has 2 aromatic carbocycles. The van der Waals surface area contributed by atoms with Crippen LogP contribution in [-0.2, 0) is 16.5 Å². The maximum atomic E-state index is 10.9. The van der Waals surface area contributed by atoms with E-state index in [1.807, 2.05) is 12.1 Å². The zero-order valence-electron chi connectivity index (χ0n) is 12.4. The molecular formula is C16H17NaO3S. The topological polar surface area (TPSA) is 57.2 Å². The predicted molar refractivity (Wildman–Crippen MR) is 78.5 cm³/mol. The molecular weight excluding hydrogens is 295 g/mol. The van der Waals surface area contributed by atoms with E-state index in [2.05, 4.69) is 19.1 Å². The van der Waals surface area contributed by atoms with Gasteiger partial charge in [0, 0.05) is 0 Å². The van der Waals surface area contributed by atoms with Gasteiger partial charge in [-0.25, -0.2) is 8.42 Å². The Morgan fingerprint density at radius 1 is 0.905 bits per heavy atom. The summed E-state index contributed by atoms with van der Waals surface area (Å²) in [6.45, 7) is 2.17. The first kappa shape index (κ1) is 18.4. The van der Waals surface area contributed by atoms with Crippen molar-refractivity contribution in [2.75, 3.05) is 0 Å². The zero-order chi connectivity index (χ0) is 14.6. The van der Waals surface area contributed by atoms with E-state index in [0.717, 1.165) is 17.5 Å². The van der Waals surface area contributed by atoms with Gasteiger partial charge in [-0.3, -0.25) is 0 Å². The van der Waals surface area contributed by atoms with Gasteiger partial charge in [0.05, 0.1) is 4.90 Å². The molecule has 21 heavy (non-hydrogen) atoms. The fraction of sp³-hybridized carbons (Fsp3) is 0.250. The molecule has 0 fully saturated rings. The molecule has 0 unspecified atom stereocenters. The van der Waals surface area contributed by atoms with Crippen molar-refractivity contribution in [3.05, 3.63) is 54.1 Å². The van der Waals surface area contributed by atoms with Gasteiger partial charge in [0.15, 0.2) is 0 Å². The maximum absolute atomic E-state index is 10.9. The van der Waals surface area contributed by atoms with E-state index in [1.54, 1.807) is 12.1 Å². The molecule has 0 bridgehead atoms. The summed E-state index contributed by atoms with van der Waals surface area (Å²) in [5.41, 5.74) is 3.22. The normalized spacial score (nSPS) is 11.0. The smallest absolute Gasteiger partial charge is 0.744 e. The molecule has 0 atom stereocenters. The fourth-order valence-corrected chi connectivity index (χ4v) is 2.53. The Morgan fingerprint density at radius 2 is 1.38 bits per heavy atom. The van der Waals surface area contributed by atoms with Gasteiger partial charge < -0.3 is 4.55 Å². The number of hydrogen-bond acceptors (Lipinski definition) is 3. The Hall–Kier alpha value is -0.650. The van der Waals surface area contributed by atoms with Gasteiger partial charge in [-0.2, -0.15) is 0 Å². The summed E-state index contributed by atoms with van der Waals surface area (Å²) in [5.74, 6) is 0. The van der Waals surface area contributed by atoms with Crippen LogP contribution in [-0.4, -0.2) is 13.0 Å². The summed E-state index contributed by atoms with van der Waals surface area (Å²) in [7, 11) is -4.37. The molecule has 2 aromatic rings. The van der Waals surface area contributed by atoms with Crippen LogP contribution in [0.5, 0.6) is 0 Å². The number of aryl methyl sites for hydroxylation is 1. The number of rotatable bonds is 5. The van der Waals surface area contributed by atoms with Crippen molar-refractivity contribution in [1.29, 1.82) is 0 Å². The summed E-state index contributed by atoms with van der Waals surface area (Å²) >= 11 is 0. The van der Waals surface area contributed by atoms with Crippen LogP contribution in [0.15, 0.2) is 53.4 Å². The molecule has 106 valence electrons. The molecule has 2 rings (SSSR count). The Bertz CT molecular complexity index is 662. The molecule has 0 aliphatic rings. The third-order valence-corrected chi connectivity index (χ3v) is 4.10. The van der Waals surface area contributed by atoms with Gasteiger partial charge in [-0.15, -0.1) is 0 Å². The fourth-order valence-electron chi connectivity index (χ4n) is 2.06. The monoisotopic (exact) mass is 312 g/mol. The first-order chi connectivity index (χ1) is 9.50. The average Bonchev–Trinajstić information content (AvgIpc) is 2.45. The minimum atomic E-state index is -4.37. The molecule has 0 heterocycles. The standard InChI is InChI=1S/C16H18O3S.Na/c1-2-3-4-13-5-7-14(8-6-13)15-9-11-16(12-10-15)20(17,18)19;/h5-12H,2-4H2,1H3,(H,17,18,19);/q;+1/p-1. The van der Waals surface area contributed by atoms with Crippen LogP contribution in [0.2, 0.25) is 0 Å². The van der Waals surface area contributed by atoms with Gasteiger partial charge >= 0.3 is 29.6 Å². The quantitative estimate of drug-likeness (QED) is 0.600. The Morgan fingerprint density at radius 3 is 1.81 bits per heavy atom. The summed E-state index contributed by atoms with van der Waals surface area (Å²) in [6.07, 6.45) is 3.42. The minimum Gasteiger partial charge on any atom is -0.744 e. The van der Waals surface area contributed by atoms with E-state index in [0.29, 0.717) is 0 Å². The third-order valence-electron chi connectivity index (χ3n) is 3.25. The second-order valence-corrected chi connectivity index (χ2v) is 6.16. The van der Waals surface area contributed by atoms with Crippen molar-refractivity contribution in [1.82, 2.24) is 0 Å². The number of unbranched alkanes of at least 4 members (excludes halogenated alkanes) is 1. The predicted octanol–water partition coefficient (Wildman–Crippen LogP) is 0.604. The molecule has 0 spiro atoms. The van der Waals surface area contributed by atoms with Crippen LogP contribution in [0, 0.1) is 0 Å². The van der Waals surface area contributed by atoms with E-state index in [1.165, 1.54) is 30.5 Å². The molecule has 0 N–H and O–H groups in total. The van der Waals surface area contributed by atoms with Crippen molar-refractivity contribution >= 4 is 10.1 Å². The molecule has 0 radical (unpaired) electrons. The van der Waals surface area contributed by atoms with Crippen LogP contribution in [0.25, 0.3) is 11.1 Å². The van der Waals surface area contributed by atoms with Crippen LogP contribution in [0.1, 0.15) is 25.3 Å². The van der Waals surface area contributed by atoms with Gasteiger partial charge in [0.1, 0.15) is 10.1 Å². The minimum absolute atomic E-state index is 0. The molecule has 0 aromatic heterocycles. The van der Waals surface area contributed by atoms with Crippen molar-refractivity contribution in [2.45, 2.75) is 31.1 Å². The first-order valence-corrected chi connectivity index (χ1v) is 8.07. The number of benzene rings is 2. The van der Waals surface area contributed by atoms with E-state index < -0.39 is 10.1 Å². The Labute approximate surface area is 148 Å². The van der Waals surface area contributed by atoms with Crippen LogP contribution < -0.4 is 29.6 Å². The second kappa shape index (κ2) is 8.11. The van der Waals surface area contributed by atoms with E-state index in [-0.39, 0.29) is 34.5 Å². The summed E-state index contributed by atoms with van der Waals surface area (Å²) in [6, 6.07) is 14.2. The molecule has 0 saturated carbocycles. The molecule has 3 nitrogen and oxygen atoms in total. The largest absolute Gasteiger partial charge is 1.00 e. The summed E-state index contributed by atoms with van der Waals surface area (Å²) in [5, 5.41) is 0. The molecule has 0 aliphatic carbocycles. The first-order valence-electron chi connectivity index (χ1n) is 6.66. The Kier molecular flexibility index (Phi) is 7.10. The van der Waals surface area contributed by atoms with Gasteiger partial charge in [-0.05, 0) is 41.7 Å². The number of hydrogen-bond donors (Lipinski definition) is 0. The van der Waals surface area contributed by atoms with E-state index in [9.17, 15) is 13.0 Å². The Balaban J connectivity index is 0.00000220. The second-order valence-electron chi connectivity index (χ2n) is 4.78. The molecule has 0 saturated heterocycles. The SMILES string of the molecule is CCCCc1ccc(-c2ccc(S(=O)(=O)[O-])cc2)cc1.[Na+]. The van der Waals surface area contributed by atoms with E-state index >= 15 is 0 Å². The molecule has 5 heteroatoms. The van der Waals surface area contributed by atoms with E-state index in [4.69, 9.17) is 0 Å². The maximum Gasteiger partial charge on any atom is 1.00 e. The van der Waals surface area contributed by atoms with Crippen LogP contribution >= 0.6 is 0 Å². The average molecular weight is 312 g/mol. The van der Waals surface area contributed by atoms with Crippen molar-refractivity contribution < 1.29 is 42.5 Å². The van der Waals surface area contributed by atoms with Crippen LogP contribution in [0.4, 0.5) is 0 Å². The summed E-state index contributed by atoms with van der Waals surface area (Å²) < 4.78 is 32.6. The van der Waals surface area contributed by atoms with Gasteiger partial charge in [0.25, 0.3) is 0 Å². The van der Waals surface area contributed by atoms with Gasteiger partial charge in [-0.1, -0.05) is 49.7 Å². The third kappa shape index (κ3) is 5.24. The van der Waals surface area contributed by atoms with Crippen molar-refractivity contribution in [2.24, 2.45) is 0 Å². The van der Waals surface area contributed by atoms with Crippen molar-refractivity contribution in [3.63, 3.8) is 0 Å². The molecule has 0 amide bonds. The van der Waals surface area contributed by atoms with Crippen molar-refractivity contribution in [3.8, 4) is 11.1 Å². The molecule has 0 aliphatic heterocycles. The van der Waals surface area contributed by atoms with Crippen LogP contribution in [0.3, 0.4) is 0 Å².